The van der Waals surface area contributed by atoms with Crippen LogP contribution >= 0.6 is 0 Å². The highest BCUT2D eigenvalue weighted by atomic mass is 32.2. The summed E-state index contributed by atoms with van der Waals surface area (Å²) in [5.74, 6) is 2.52. The number of amides is 1. The number of pyridine rings is 1. The number of ether oxygens (including phenoxy) is 2. The van der Waals surface area contributed by atoms with Crippen LogP contribution < -0.4 is 4.74 Å². The molecule has 29 heavy (non-hydrogen) atoms. The molecule has 1 aliphatic carbocycles. The molecule has 1 amide bonds. The summed E-state index contributed by atoms with van der Waals surface area (Å²) in [4.78, 5) is 18.3. The zero-order valence-electron chi connectivity index (χ0n) is 17.8. The van der Waals surface area contributed by atoms with Crippen molar-refractivity contribution in [3.63, 3.8) is 0 Å². The Labute approximate surface area is 173 Å². The molecule has 1 aromatic rings. The first-order valence-corrected chi connectivity index (χ1v) is 12.2. The zero-order chi connectivity index (χ0) is 21.2. The smallest absolute Gasteiger partial charge is 0.410 e. The van der Waals surface area contributed by atoms with Gasteiger partial charge < -0.3 is 14.4 Å². The average molecular weight is 425 g/mol. The van der Waals surface area contributed by atoms with Crippen molar-refractivity contribution >= 4 is 15.9 Å². The molecule has 2 aliphatic rings. The molecule has 3 rings (SSSR count). The SMILES string of the molecule is CC(C)(C)OC(=O)N1CCC(C2CC2CCOc2ccc(S(C)(=O)=O)cn2)CC1. The number of rotatable bonds is 6. The lowest BCUT2D eigenvalue weighted by Gasteiger charge is -2.33. The van der Waals surface area contributed by atoms with E-state index in [9.17, 15) is 13.2 Å². The summed E-state index contributed by atoms with van der Waals surface area (Å²) >= 11 is 0. The summed E-state index contributed by atoms with van der Waals surface area (Å²) in [6.07, 6.45) is 6.57. The van der Waals surface area contributed by atoms with Crippen LogP contribution in [-0.2, 0) is 14.6 Å². The van der Waals surface area contributed by atoms with E-state index in [-0.39, 0.29) is 11.0 Å². The molecule has 1 aliphatic heterocycles. The van der Waals surface area contributed by atoms with Gasteiger partial charge in [0.25, 0.3) is 0 Å². The van der Waals surface area contributed by atoms with Gasteiger partial charge in [0.1, 0.15) is 5.60 Å². The third kappa shape index (κ3) is 6.32. The van der Waals surface area contributed by atoms with Crippen LogP contribution in [0.5, 0.6) is 5.88 Å². The molecule has 162 valence electrons. The maximum absolute atomic E-state index is 12.2. The molecule has 8 heteroatoms. The van der Waals surface area contributed by atoms with Crippen molar-refractivity contribution in [1.82, 2.24) is 9.88 Å². The molecule has 0 N–H and O–H groups in total. The summed E-state index contributed by atoms with van der Waals surface area (Å²) in [6, 6.07) is 3.13. The number of sulfone groups is 1. The Morgan fingerprint density at radius 3 is 2.48 bits per heavy atom. The third-order valence-electron chi connectivity index (χ3n) is 5.65. The Morgan fingerprint density at radius 1 is 1.24 bits per heavy atom. The lowest BCUT2D eigenvalue weighted by atomic mass is 9.90. The first-order chi connectivity index (χ1) is 13.5. The van der Waals surface area contributed by atoms with Crippen molar-refractivity contribution in [2.45, 2.75) is 57.0 Å². The van der Waals surface area contributed by atoms with Crippen molar-refractivity contribution in [2.75, 3.05) is 26.0 Å². The fourth-order valence-electron chi connectivity index (χ4n) is 4.00. The number of piperidine rings is 1. The van der Waals surface area contributed by atoms with Gasteiger partial charge in [0.05, 0.1) is 11.5 Å². The van der Waals surface area contributed by atoms with Crippen LogP contribution in [0, 0.1) is 17.8 Å². The van der Waals surface area contributed by atoms with E-state index >= 15 is 0 Å². The van der Waals surface area contributed by atoms with Crippen molar-refractivity contribution in [1.29, 1.82) is 0 Å². The van der Waals surface area contributed by atoms with Gasteiger partial charge in [-0.25, -0.2) is 18.2 Å². The van der Waals surface area contributed by atoms with Crippen molar-refractivity contribution in [3.8, 4) is 5.88 Å². The number of nitrogens with zero attached hydrogens (tertiary/aromatic N) is 2. The molecule has 0 spiro atoms. The molecular weight excluding hydrogens is 392 g/mol. The lowest BCUT2D eigenvalue weighted by Crippen LogP contribution is -2.42. The second-order valence-corrected chi connectivity index (χ2v) is 11.2. The first kappa shape index (κ1) is 21.9. The molecule has 0 radical (unpaired) electrons. The Bertz CT molecular complexity index is 808. The molecule has 2 heterocycles. The predicted molar refractivity (Wildman–Crippen MR) is 110 cm³/mol. The lowest BCUT2D eigenvalue weighted by molar-refractivity contribution is 0.0174. The Balaban J connectivity index is 1.35. The maximum atomic E-state index is 12.2. The molecule has 2 atom stereocenters. The number of likely N-dealkylation sites (tertiary alicyclic amines) is 1. The molecule has 2 unspecified atom stereocenters. The van der Waals surface area contributed by atoms with Crippen LogP contribution in [0.2, 0.25) is 0 Å². The second-order valence-electron chi connectivity index (χ2n) is 9.21. The number of carbonyl (C=O) groups is 1. The number of hydrogen-bond acceptors (Lipinski definition) is 6. The topological polar surface area (TPSA) is 85.8 Å². The van der Waals surface area contributed by atoms with Gasteiger partial charge in [-0.1, -0.05) is 0 Å². The van der Waals surface area contributed by atoms with Gasteiger partial charge in [0, 0.05) is 31.6 Å². The van der Waals surface area contributed by atoms with Gasteiger partial charge in [0.2, 0.25) is 5.88 Å². The van der Waals surface area contributed by atoms with Crippen molar-refractivity contribution < 1.29 is 22.7 Å². The quantitative estimate of drug-likeness (QED) is 0.694. The normalized spacial score (nSPS) is 23.0. The maximum Gasteiger partial charge on any atom is 0.410 e. The average Bonchev–Trinajstić information content (AvgIpc) is 3.40. The highest BCUT2D eigenvalue weighted by Gasteiger charge is 2.43. The van der Waals surface area contributed by atoms with Crippen LogP contribution in [0.1, 0.15) is 46.5 Å². The summed E-state index contributed by atoms with van der Waals surface area (Å²) in [5.41, 5.74) is -0.449. The number of aromatic nitrogens is 1. The summed E-state index contributed by atoms with van der Waals surface area (Å²) in [7, 11) is -3.23. The molecular formula is C21H32N2O5S. The Kier molecular flexibility index (Phi) is 6.41. The fraction of sp³-hybridized carbons (Fsp3) is 0.714. The molecule has 1 saturated heterocycles. The van der Waals surface area contributed by atoms with E-state index in [0.717, 1.165) is 44.5 Å². The van der Waals surface area contributed by atoms with Crippen LogP contribution in [0.25, 0.3) is 0 Å². The highest BCUT2D eigenvalue weighted by Crippen LogP contribution is 2.49. The van der Waals surface area contributed by atoms with Gasteiger partial charge in [-0.05, 0) is 70.3 Å². The summed E-state index contributed by atoms with van der Waals surface area (Å²) in [5, 5.41) is 0. The van der Waals surface area contributed by atoms with Crippen LogP contribution in [0.15, 0.2) is 23.2 Å². The van der Waals surface area contributed by atoms with E-state index in [4.69, 9.17) is 9.47 Å². The minimum absolute atomic E-state index is 0.199. The summed E-state index contributed by atoms with van der Waals surface area (Å²) in [6.45, 7) is 7.81. The molecule has 0 bridgehead atoms. The molecule has 2 fully saturated rings. The highest BCUT2D eigenvalue weighted by molar-refractivity contribution is 7.90. The van der Waals surface area contributed by atoms with Gasteiger partial charge in [-0.3, -0.25) is 0 Å². The largest absolute Gasteiger partial charge is 0.478 e. The van der Waals surface area contributed by atoms with E-state index in [1.54, 1.807) is 6.07 Å². The molecule has 1 saturated carbocycles. The monoisotopic (exact) mass is 424 g/mol. The van der Waals surface area contributed by atoms with Gasteiger partial charge >= 0.3 is 6.09 Å². The second kappa shape index (κ2) is 8.50. The first-order valence-electron chi connectivity index (χ1n) is 10.3. The van der Waals surface area contributed by atoms with Crippen molar-refractivity contribution in [2.24, 2.45) is 17.8 Å². The van der Waals surface area contributed by atoms with Crippen LogP contribution in [0.4, 0.5) is 4.79 Å². The Morgan fingerprint density at radius 2 is 1.93 bits per heavy atom. The van der Waals surface area contributed by atoms with Gasteiger partial charge in [0.15, 0.2) is 9.84 Å². The van der Waals surface area contributed by atoms with E-state index < -0.39 is 15.4 Å². The van der Waals surface area contributed by atoms with E-state index in [1.807, 2.05) is 25.7 Å². The van der Waals surface area contributed by atoms with Gasteiger partial charge in [-0.15, -0.1) is 0 Å². The summed E-state index contributed by atoms with van der Waals surface area (Å²) < 4.78 is 34.0. The van der Waals surface area contributed by atoms with E-state index in [0.29, 0.717) is 24.3 Å². The predicted octanol–water partition coefficient (Wildman–Crippen LogP) is 3.54. The third-order valence-corrected chi connectivity index (χ3v) is 6.75. The minimum atomic E-state index is -3.23. The number of hydrogen-bond donors (Lipinski definition) is 0. The van der Waals surface area contributed by atoms with Gasteiger partial charge in [-0.2, -0.15) is 0 Å². The van der Waals surface area contributed by atoms with Crippen LogP contribution in [-0.4, -0.2) is 55.9 Å². The molecule has 7 nitrogen and oxygen atoms in total. The number of carbonyl (C=O) groups excluding carboxylic acids is 1. The fourth-order valence-corrected chi connectivity index (χ4v) is 4.56. The van der Waals surface area contributed by atoms with Crippen molar-refractivity contribution in [3.05, 3.63) is 18.3 Å². The minimum Gasteiger partial charge on any atom is -0.478 e. The standard InChI is InChI=1S/C21H32N2O5S/c1-21(2,3)28-20(24)23-10-7-15(8-11-23)18-13-16(18)9-12-27-19-6-5-17(14-22-19)29(4,25)26/h5-6,14-16,18H,7-13H2,1-4H3. The van der Waals surface area contributed by atoms with Crippen LogP contribution in [0.3, 0.4) is 0 Å². The Hall–Kier alpha value is -1.83. The van der Waals surface area contributed by atoms with E-state index in [1.165, 1.54) is 18.7 Å². The van der Waals surface area contributed by atoms with E-state index in [2.05, 4.69) is 4.98 Å². The zero-order valence-corrected chi connectivity index (χ0v) is 18.6. The molecule has 1 aromatic heterocycles. The molecule has 0 aromatic carbocycles.